The van der Waals surface area contributed by atoms with Crippen molar-refractivity contribution in [2.45, 2.75) is 70.0 Å². The molecule has 3 heterocycles. The van der Waals surface area contributed by atoms with Crippen molar-refractivity contribution in [2.24, 2.45) is 5.92 Å². The molecule has 0 saturated carbocycles. The molecule has 4 rings (SSSR count). The van der Waals surface area contributed by atoms with E-state index in [2.05, 4.69) is 4.98 Å². The van der Waals surface area contributed by atoms with Gasteiger partial charge in [0.25, 0.3) is 0 Å². The van der Waals surface area contributed by atoms with E-state index >= 15 is 0 Å². The number of sulfone groups is 1. The molecule has 184 valence electrons. The van der Waals surface area contributed by atoms with Crippen molar-refractivity contribution < 1.29 is 22.7 Å². The normalized spacial score (nSPS) is 18.9. The maximum Gasteiger partial charge on any atom is 0.410 e. The monoisotopic (exact) mass is 486 g/mol. The fraction of sp³-hybridized carbons (Fsp3) is 0.538. The van der Waals surface area contributed by atoms with Crippen LogP contribution in [0.25, 0.3) is 11.3 Å². The van der Waals surface area contributed by atoms with Crippen LogP contribution in [-0.2, 0) is 21.0 Å². The summed E-state index contributed by atoms with van der Waals surface area (Å²) < 4.78 is 36.3. The molecule has 0 radical (unpaired) electrons. The third kappa shape index (κ3) is 5.54. The Balaban J connectivity index is 1.38. The number of carbonyl (C=O) groups excluding carboxylic acids is 1. The summed E-state index contributed by atoms with van der Waals surface area (Å²) in [4.78, 5) is 19.0. The molecule has 1 atom stereocenters. The van der Waals surface area contributed by atoms with E-state index in [1.54, 1.807) is 23.2 Å². The largest absolute Gasteiger partial charge is 0.488 e. The van der Waals surface area contributed by atoms with Crippen molar-refractivity contribution in [1.82, 2.24) is 9.88 Å². The van der Waals surface area contributed by atoms with Crippen molar-refractivity contribution in [2.75, 3.05) is 18.8 Å². The number of likely N-dealkylation sites (tertiary alicyclic amines) is 1. The van der Waals surface area contributed by atoms with Crippen molar-refractivity contribution in [1.29, 1.82) is 0 Å². The van der Waals surface area contributed by atoms with E-state index in [4.69, 9.17) is 9.47 Å². The van der Waals surface area contributed by atoms with E-state index in [9.17, 15) is 13.2 Å². The summed E-state index contributed by atoms with van der Waals surface area (Å²) in [5.41, 5.74) is 2.32. The number of aromatic nitrogens is 1. The predicted molar refractivity (Wildman–Crippen MR) is 131 cm³/mol. The number of rotatable bonds is 5. The summed E-state index contributed by atoms with van der Waals surface area (Å²) in [6.45, 7) is 8.85. The molecular weight excluding hydrogens is 452 g/mol. The molecule has 7 nitrogen and oxygen atoms in total. The number of hydrogen-bond donors (Lipinski definition) is 0. The zero-order valence-electron chi connectivity index (χ0n) is 20.4. The van der Waals surface area contributed by atoms with E-state index in [1.807, 2.05) is 45.9 Å². The smallest absolute Gasteiger partial charge is 0.410 e. The SMILES string of the molecule is CCCS(=O)(=O)c1ccc(-c2cc3c(cn2)OC(C2CCN(C(=O)OC(C)(C)C)CC2)C3)cc1. The minimum atomic E-state index is -3.23. The first-order valence-corrected chi connectivity index (χ1v) is 13.7. The van der Waals surface area contributed by atoms with Crippen LogP contribution < -0.4 is 4.74 Å². The number of ether oxygens (including phenoxy) is 2. The quantitative estimate of drug-likeness (QED) is 0.599. The molecular formula is C26H34N2O5S. The lowest BCUT2D eigenvalue weighted by atomic mass is 9.89. The van der Waals surface area contributed by atoms with Crippen molar-refractivity contribution >= 4 is 15.9 Å². The van der Waals surface area contributed by atoms with Gasteiger partial charge in [-0.2, -0.15) is 0 Å². The second-order valence-electron chi connectivity index (χ2n) is 10.2. The summed E-state index contributed by atoms with van der Waals surface area (Å²) in [6.07, 6.45) is 4.76. The van der Waals surface area contributed by atoms with Gasteiger partial charge < -0.3 is 14.4 Å². The Hall–Kier alpha value is -2.61. The van der Waals surface area contributed by atoms with Crippen LogP contribution >= 0.6 is 0 Å². The Kier molecular flexibility index (Phi) is 6.90. The van der Waals surface area contributed by atoms with E-state index in [-0.39, 0.29) is 18.0 Å². The van der Waals surface area contributed by atoms with E-state index in [0.29, 0.717) is 30.3 Å². The third-order valence-electron chi connectivity index (χ3n) is 6.35. The molecule has 1 aromatic heterocycles. The van der Waals surface area contributed by atoms with Crippen LogP contribution in [0, 0.1) is 5.92 Å². The van der Waals surface area contributed by atoms with Crippen LogP contribution in [0.3, 0.4) is 0 Å². The van der Waals surface area contributed by atoms with Crippen LogP contribution in [-0.4, -0.2) is 54.9 Å². The Morgan fingerprint density at radius 2 is 1.85 bits per heavy atom. The van der Waals surface area contributed by atoms with Gasteiger partial charge in [-0.05, 0) is 64.2 Å². The highest BCUT2D eigenvalue weighted by atomic mass is 32.2. The number of nitrogens with zero attached hydrogens (tertiary/aromatic N) is 2. The summed E-state index contributed by atoms with van der Waals surface area (Å²) in [5.74, 6) is 1.34. The Morgan fingerprint density at radius 3 is 2.47 bits per heavy atom. The number of amides is 1. The maximum absolute atomic E-state index is 12.3. The predicted octanol–water partition coefficient (Wildman–Crippen LogP) is 4.88. The zero-order chi connectivity index (χ0) is 24.5. The van der Waals surface area contributed by atoms with Crippen molar-refractivity contribution in [3.63, 3.8) is 0 Å². The lowest BCUT2D eigenvalue weighted by molar-refractivity contribution is 0.0123. The number of carbonyl (C=O) groups is 1. The fourth-order valence-corrected chi connectivity index (χ4v) is 5.92. The summed E-state index contributed by atoms with van der Waals surface area (Å²) in [7, 11) is -3.23. The molecule has 2 aliphatic heterocycles. The van der Waals surface area contributed by atoms with Crippen LogP contribution in [0.5, 0.6) is 5.75 Å². The average molecular weight is 487 g/mol. The zero-order valence-corrected chi connectivity index (χ0v) is 21.2. The van der Waals surface area contributed by atoms with E-state index in [1.165, 1.54) is 0 Å². The van der Waals surface area contributed by atoms with Gasteiger partial charge in [-0.1, -0.05) is 19.1 Å². The third-order valence-corrected chi connectivity index (χ3v) is 8.28. The van der Waals surface area contributed by atoms with Gasteiger partial charge in [-0.15, -0.1) is 0 Å². The number of piperidine rings is 1. The van der Waals surface area contributed by atoms with Gasteiger partial charge >= 0.3 is 6.09 Å². The van der Waals surface area contributed by atoms with E-state index in [0.717, 1.165) is 41.8 Å². The molecule has 1 aromatic carbocycles. The van der Waals surface area contributed by atoms with Gasteiger partial charge in [0.05, 0.1) is 22.5 Å². The first kappa shape index (κ1) is 24.5. The Bertz CT molecular complexity index is 1130. The second kappa shape index (κ2) is 9.56. The number of benzene rings is 1. The van der Waals surface area contributed by atoms with Gasteiger partial charge in [0, 0.05) is 30.6 Å². The van der Waals surface area contributed by atoms with Gasteiger partial charge in [0.15, 0.2) is 9.84 Å². The summed E-state index contributed by atoms with van der Waals surface area (Å²) >= 11 is 0. The average Bonchev–Trinajstić information content (AvgIpc) is 3.21. The lowest BCUT2D eigenvalue weighted by Crippen LogP contribution is -2.44. The molecule has 2 aromatic rings. The highest BCUT2D eigenvalue weighted by molar-refractivity contribution is 7.91. The highest BCUT2D eigenvalue weighted by Crippen LogP contribution is 2.36. The first-order valence-electron chi connectivity index (χ1n) is 12.0. The number of fused-ring (bicyclic) bond motifs is 1. The molecule has 1 fully saturated rings. The Morgan fingerprint density at radius 1 is 1.18 bits per heavy atom. The van der Waals surface area contributed by atoms with Gasteiger partial charge in [-0.25, -0.2) is 13.2 Å². The second-order valence-corrected chi connectivity index (χ2v) is 12.3. The van der Waals surface area contributed by atoms with Gasteiger partial charge in [-0.3, -0.25) is 4.98 Å². The maximum atomic E-state index is 12.3. The van der Waals surface area contributed by atoms with Crippen LogP contribution in [0.4, 0.5) is 4.79 Å². The molecule has 34 heavy (non-hydrogen) atoms. The number of hydrogen-bond acceptors (Lipinski definition) is 6. The minimum Gasteiger partial charge on any atom is -0.488 e. The van der Waals surface area contributed by atoms with Crippen LogP contribution in [0.2, 0.25) is 0 Å². The molecule has 1 unspecified atom stereocenters. The summed E-state index contributed by atoms with van der Waals surface area (Å²) in [6, 6.07) is 8.99. The summed E-state index contributed by atoms with van der Waals surface area (Å²) in [5, 5.41) is 0. The number of pyridine rings is 1. The molecule has 0 bridgehead atoms. The molecule has 0 N–H and O–H groups in total. The molecule has 1 saturated heterocycles. The molecule has 1 amide bonds. The molecule has 8 heteroatoms. The first-order chi connectivity index (χ1) is 16.1. The van der Waals surface area contributed by atoms with Crippen LogP contribution in [0.1, 0.15) is 52.5 Å². The molecule has 0 spiro atoms. The standard InChI is InChI=1S/C26H34N2O5S/c1-5-14-34(30,31)21-8-6-18(7-9-21)22-15-20-16-23(32-24(20)17-27-22)19-10-12-28(13-11-19)25(29)33-26(2,3)4/h6-9,15,17,19,23H,5,10-14,16H2,1-4H3. The molecule has 0 aliphatic carbocycles. The highest BCUT2D eigenvalue weighted by Gasteiger charge is 2.35. The van der Waals surface area contributed by atoms with Gasteiger partial charge in [0.2, 0.25) is 0 Å². The van der Waals surface area contributed by atoms with E-state index < -0.39 is 15.4 Å². The topological polar surface area (TPSA) is 85.8 Å². The van der Waals surface area contributed by atoms with Crippen LogP contribution in [0.15, 0.2) is 41.4 Å². The minimum absolute atomic E-state index is 0.0781. The van der Waals surface area contributed by atoms with Crippen molar-refractivity contribution in [3.05, 3.63) is 42.1 Å². The lowest BCUT2D eigenvalue weighted by Gasteiger charge is -2.35. The molecule has 2 aliphatic rings. The van der Waals surface area contributed by atoms with Crippen molar-refractivity contribution in [3.8, 4) is 17.0 Å². The Labute approximate surface area is 202 Å². The van der Waals surface area contributed by atoms with Gasteiger partial charge in [0.1, 0.15) is 17.5 Å². The fourth-order valence-electron chi connectivity index (χ4n) is 4.59.